The highest BCUT2D eigenvalue weighted by Gasteiger charge is 2.31. The fourth-order valence-electron chi connectivity index (χ4n) is 4.84. The van der Waals surface area contributed by atoms with Gasteiger partial charge in [0.2, 0.25) is 0 Å². The Morgan fingerprint density at radius 1 is 1.00 bits per heavy atom. The van der Waals surface area contributed by atoms with E-state index in [0.29, 0.717) is 31.0 Å². The largest absolute Gasteiger partial charge is 0.507 e. The summed E-state index contributed by atoms with van der Waals surface area (Å²) < 4.78 is 12.6. The van der Waals surface area contributed by atoms with Crippen LogP contribution in [0.4, 0.5) is 5.69 Å². The Morgan fingerprint density at radius 2 is 1.69 bits per heavy atom. The first-order valence-electron chi connectivity index (χ1n) is 12.2. The van der Waals surface area contributed by atoms with Gasteiger partial charge < -0.3 is 24.0 Å². The van der Waals surface area contributed by atoms with E-state index in [1.807, 2.05) is 44.2 Å². The zero-order chi connectivity index (χ0) is 24.8. The minimum atomic E-state index is -0.370. The predicted molar refractivity (Wildman–Crippen MR) is 139 cm³/mol. The number of para-hydroxylation sites is 1. The van der Waals surface area contributed by atoms with Crippen molar-refractivity contribution in [1.29, 1.82) is 0 Å². The van der Waals surface area contributed by atoms with E-state index >= 15 is 0 Å². The summed E-state index contributed by atoms with van der Waals surface area (Å²) in [7, 11) is 1.62. The van der Waals surface area contributed by atoms with Gasteiger partial charge in [-0.25, -0.2) is 0 Å². The molecule has 1 atom stereocenters. The van der Waals surface area contributed by atoms with Crippen molar-refractivity contribution in [3.05, 3.63) is 87.8 Å². The Labute approximate surface area is 207 Å². The third-order valence-corrected chi connectivity index (χ3v) is 6.62. The Hall–Kier alpha value is -3.29. The highest BCUT2D eigenvalue weighted by Crippen LogP contribution is 2.34. The van der Waals surface area contributed by atoms with Gasteiger partial charge in [0.05, 0.1) is 24.8 Å². The van der Waals surface area contributed by atoms with Crippen molar-refractivity contribution in [1.82, 2.24) is 9.47 Å². The maximum absolute atomic E-state index is 13.7. The van der Waals surface area contributed by atoms with Gasteiger partial charge in [0.1, 0.15) is 11.5 Å². The predicted octanol–water partition coefficient (Wildman–Crippen LogP) is 3.82. The number of aromatic hydroxyl groups is 1. The van der Waals surface area contributed by atoms with E-state index in [2.05, 4.69) is 34.1 Å². The van der Waals surface area contributed by atoms with Crippen molar-refractivity contribution in [3.63, 3.8) is 0 Å². The van der Waals surface area contributed by atoms with Crippen molar-refractivity contribution >= 4 is 5.69 Å². The average Bonchev–Trinajstić information content (AvgIpc) is 2.88. The normalized spacial score (nSPS) is 15.2. The zero-order valence-corrected chi connectivity index (χ0v) is 20.8. The number of aromatic nitrogens is 1. The van der Waals surface area contributed by atoms with Crippen LogP contribution in [0.5, 0.6) is 11.5 Å². The molecule has 0 spiro atoms. The molecule has 2 aromatic carbocycles. The van der Waals surface area contributed by atoms with Crippen LogP contribution in [0.2, 0.25) is 0 Å². The molecule has 1 aliphatic heterocycles. The van der Waals surface area contributed by atoms with Gasteiger partial charge in [0.25, 0.3) is 5.56 Å². The molecule has 4 rings (SSSR count). The molecule has 1 fully saturated rings. The molecule has 0 unspecified atom stereocenters. The van der Waals surface area contributed by atoms with Crippen LogP contribution in [0.15, 0.2) is 65.5 Å². The molecule has 0 saturated carbocycles. The first-order valence-corrected chi connectivity index (χ1v) is 12.2. The first kappa shape index (κ1) is 24.8. The van der Waals surface area contributed by atoms with Crippen molar-refractivity contribution in [2.24, 2.45) is 0 Å². The molecule has 1 saturated heterocycles. The van der Waals surface area contributed by atoms with Crippen LogP contribution >= 0.6 is 0 Å². The second-order valence-electron chi connectivity index (χ2n) is 8.80. The summed E-state index contributed by atoms with van der Waals surface area (Å²) in [6, 6.07) is 19.6. The number of pyridine rings is 1. The molecule has 3 aromatic rings. The summed E-state index contributed by atoms with van der Waals surface area (Å²) in [5.41, 5.74) is 3.10. The Morgan fingerprint density at radius 3 is 2.31 bits per heavy atom. The number of benzene rings is 2. The van der Waals surface area contributed by atoms with Gasteiger partial charge in [0.15, 0.2) is 0 Å². The van der Waals surface area contributed by atoms with E-state index in [1.165, 1.54) is 5.69 Å². The lowest BCUT2D eigenvalue weighted by Crippen LogP contribution is -2.49. The number of aryl methyl sites for hydroxylation is 1. The molecule has 2 heterocycles. The number of hydrogen-bond acceptors (Lipinski definition) is 6. The topological polar surface area (TPSA) is 67.2 Å². The fourth-order valence-corrected chi connectivity index (χ4v) is 4.84. The van der Waals surface area contributed by atoms with E-state index in [-0.39, 0.29) is 17.4 Å². The van der Waals surface area contributed by atoms with Crippen molar-refractivity contribution < 1.29 is 14.6 Å². The summed E-state index contributed by atoms with van der Waals surface area (Å²) >= 11 is 0. The smallest absolute Gasteiger partial charge is 0.259 e. The van der Waals surface area contributed by atoms with Gasteiger partial charge in [0, 0.05) is 51.2 Å². The van der Waals surface area contributed by atoms with Gasteiger partial charge in [-0.15, -0.1) is 0 Å². The number of nitrogens with zero attached hydrogens (tertiary/aromatic N) is 3. The monoisotopic (exact) mass is 477 g/mol. The van der Waals surface area contributed by atoms with Crippen LogP contribution in [0.3, 0.4) is 0 Å². The third kappa shape index (κ3) is 5.52. The van der Waals surface area contributed by atoms with Crippen molar-refractivity contribution in [2.45, 2.75) is 26.4 Å². The number of rotatable bonds is 9. The third-order valence-electron chi connectivity index (χ3n) is 6.62. The molecule has 1 aromatic heterocycles. The van der Waals surface area contributed by atoms with E-state index in [9.17, 15) is 9.90 Å². The number of methoxy groups -OCH3 is 1. The van der Waals surface area contributed by atoms with Crippen LogP contribution < -0.4 is 15.2 Å². The van der Waals surface area contributed by atoms with Crippen LogP contribution in [-0.4, -0.2) is 61.1 Å². The van der Waals surface area contributed by atoms with Crippen LogP contribution in [0, 0.1) is 6.92 Å². The van der Waals surface area contributed by atoms with Gasteiger partial charge in [-0.1, -0.05) is 30.3 Å². The maximum atomic E-state index is 13.7. The highest BCUT2D eigenvalue weighted by atomic mass is 16.5. The molecule has 7 nitrogen and oxygen atoms in total. The molecule has 0 aliphatic carbocycles. The number of piperazine rings is 1. The number of ether oxygens (including phenoxy) is 2. The molecule has 1 N–H and O–H groups in total. The van der Waals surface area contributed by atoms with Gasteiger partial charge >= 0.3 is 0 Å². The lowest BCUT2D eigenvalue weighted by molar-refractivity contribution is 0.183. The SMILES string of the molecule is CCOc1ccc([C@H](c2c(O)cc(C)n(CCOC)c2=O)N2CCN(c3ccccc3)CC2)cc1. The summed E-state index contributed by atoms with van der Waals surface area (Å²) in [5.74, 6) is 0.820. The van der Waals surface area contributed by atoms with Gasteiger partial charge in [-0.2, -0.15) is 0 Å². The van der Waals surface area contributed by atoms with Crippen molar-refractivity contribution in [3.8, 4) is 11.5 Å². The average molecular weight is 478 g/mol. The first-order chi connectivity index (χ1) is 17.0. The van der Waals surface area contributed by atoms with E-state index in [1.54, 1.807) is 17.7 Å². The van der Waals surface area contributed by atoms with Gasteiger partial charge in [-0.3, -0.25) is 9.69 Å². The molecule has 1 aliphatic rings. The Balaban J connectivity index is 1.71. The molecule has 0 amide bonds. The minimum absolute atomic E-state index is 0.0329. The molecular weight excluding hydrogens is 442 g/mol. The van der Waals surface area contributed by atoms with Gasteiger partial charge in [-0.05, 0) is 49.7 Å². The van der Waals surface area contributed by atoms with E-state index in [4.69, 9.17) is 9.47 Å². The summed E-state index contributed by atoms with van der Waals surface area (Å²) in [5, 5.41) is 11.0. The van der Waals surface area contributed by atoms with Crippen molar-refractivity contribution in [2.75, 3.05) is 51.4 Å². The van der Waals surface area contributed by atoms with Crippen LogP contribution in [-0.2, 0) is 11.3 Å². The molecule has 7 heteroatoms. The Kier molecular flexibility index (Phi) is 8.10. The Bertz CT molecular complexity index is 1150. The lowest BCUT2D eigenvalue weighted by Gasteiger charge is -2.40. The number of anilines is 1. The standard InChI is InChI=1S/C28H35N3O4/c1-4-35-24-12-10-22(11-13-24)27(26-25(32)20-21(2)31(28(26)33)18-19-34-3)30-16-14-29(15-17-30)23-8-6-5-7-9-23/h5-13,20,27,32H,4,14-19H2,1-3H3/t27-/m1/s1. The zero-order valence-electron chi connectivity index (χ0n) is 20.8. The van der Waals surface area contributed by atoms with E-state index < -0.39 is 0 Å². The fraction of sp³-hybridized carbons (Fsp3) is 0.393. The molecule has 186 valence electrons. The molecular formula is C28H35N3O4. The van der Waals surface area contributed by atoms with Crippen LogP contribution in [0.25, 0.3) is 0 Å². The van der Waals surface area contributed by atoms with E-state index in [0.717, 1.165) is 37.5 Å². The summed E-state index contributed by atoms with van der Waals surface area (Å²) in [6.45, 7) is 8.44. The maximum Gasteiger partial charge on any atom is 0.259 e. The number of hydrogen-bond donors (Lipinski definition) is 1. The quantitative estimate of drug-likeness (QED) is 0.506. The highest BCUT2D eigenvalue weighted by molar-refractivity contribution is 5.47. The minimum Gasteiger partial charge on any atom is -0.507 e. The lowest BCUT2D eigenvalue weighted by atomic mass is 9.95. The van der Waals surface area contributed by atoms with Crippen LogP contribution in [0.1, 0.15) is 29.8 Å². The summed E-state index contributed by atoms with van der Waals surface area (Å²) in [4.78, 5) is 18.4. The molecule has 0 radical (unpaired) electrons. The molecule has 0 bridgehead atoms. The molecule has 35 heavy (non-hydrogen) atoms. The second-order valence-corrected chi connectivity index (χ2v) is 8.80. The second kappa shape index (κ2) is 11.4. The summed E-state index contributed by atoms with van der Waals surface area (Å²) in [6.07, 6.45) is 0.